The number of Topliss-reactive ketones (excluding diaryl/α,β-unsaturated/α-hetero) is 1. The molecule has 0 radical (unpaired) electrons. The molecule has 0 aromatic heterocycles. The van der Waals surface area contributed by atoms with Crippen molar-refractivity contribution in [1.82, 2.24) is 0 Å². The van der Waals surface area contributed by atoms with E-state index in [1.165, 1.54) is 0 Å². The minimum atomic E-state index is -0.869. The Kier molecular flexibility index (Phi) is 4.03. The van der Waals surface area contributed by atoms with E-state index in [0.29, 0.717) is 29.7 Å². The average Bonchev–Trinajstić information content (AvgIpc) is 2.83. The lowest BCUT2D eigenvalue weighted by Crippen LogP contribution is -2.48. The number of carbonyl (C=O) groups is 1. The summed E-state index contributed by atoms with van der Waals surface area (Å²) in [4.78, 5) is 16.0. The molecule has 3 atom stereocenters. The summed E-state index contributed by atoms with van der Waals surface area (Å²) >= 11 is 3.37. The number of hydrogen-bond donors (Lipinski definition) is 1. The summed E-state index contributed by atoms with van der Waals surface area (Å²) in [6.07, 6.45) is 0.182. The van der Waals surface area contributed by atoms with Crippen molar-refractivity contribution in [2.75, 3.05) is 0 Å². The quantitative estimate of drug-likeness (QED) is 0.763. The number of aliphatic hydroxyl groups is 1. The topological polar surface area (TPSA) is 82.7 Å². The normalized spacial score (nSPS) is 30.7. The van der Waals surface area contributed by atoms with Gasteiger partial charge in [0.05, 0.1) is 11.6 Å². The van der Waals surface area contributed by atoms with Crippen LogP contribution in [0.3, 0.4) is 0 Å². The minimum absolute atomic E-state index is 0.107. The van der Waals surface area contributed by atoms with Crippen LogP contribution in [-0.4, -0.2) is 33.1 Å². The van der Waals surface area contributed by atoms with Gasteiger partial charge in [0.1, 0.15) is 28.3 Å². The van der Waals surface area contributed by atoms with Crippen molar-refractivity contribution in [2.24, 2.45) is 4.99 Å². The molecule has 1 fully saturated rings. The Bertz CT molecular complexity index is 736. The van der Waals surface area contributed by atoms with Crippen molar-refractivity contribution in [3.63, 3.8) is 0 Å². The van der Waals surface area contributed by atoms with Crippen LogP contribution in [0.4, 0.5) is 0 Å². The number of benzene rings is 1. The number of halogens is 1. The van der Waals surface area contributed by atoms with E-state index < -0.39 is 17.7 Å². The summed E-state index contributed by atoms with van der Waals surface area (Å²) in [7, 11) is 0. The van der Waals surface area contributed by atoms with Gasteiger partial charge in [-0.25, -0.2) is 0 Å². The molecular formula is C17H17BrN2O3. The molecule has 1 aliphatic carbocycles. The standard InChI is InChI=1S/C17H17BrN2O3/c1-17(2)16(22)15(20-11-4-5-12(21)14(11)18)10-7-9(8-19)3-6-13(10)23-17/h3,6-7,14-16,22H,4-5H2,1-2H3/t14?,15-,16+/m0/s1. The number of nitriles is 1. The number of ketones is 1. The van der Waals surface area contributed by atoms with Crippen molar-refractivity contribution in [1.29, 1.82) is 5.26 Å². The molecule has 6 heteroatoms. The van der Waals surface area contributed by atoms with Crippen molar-refractivity contribution < 1.29 is 14.6 Å². The van der Waals surface area contributed by atoms with Crippen LogP contribution >= 0.6 is 15.9 Å². The zero-order valence-electron chi connectivity index (χ0n) is 12.9. The molecule has 23 heavy (non-hydrogen) atoms. The Labute approximate surface area is 143 Å². The van der Waals surface area contributed by atoms with Gasteiger partial charge in [-0.3, -0.25) is 9.79 Å². The van der Waals surface area contributed by atoms with Crippen LogP contribution in [0.1, 0.15) is 43.9 Å². The van der Waals surface area contributed by atoms with Crippen molar-refractivity contribution in [2.45, 2.75) is 49.3 Å². The molecule has 0 bridgehead atoms. The van der Waals surface area contributed by atoms with Crippen molar-refractivity contribution in [3.8, 4) is 11.8 Å². The maximum absolute atomic E-state index is 11.7. The monoisotopic (exact) mass is 376 g/mol. The molecule has 2 aliphatic rings. The van der Waals surface area contributed by atoms with E-state index in [-0.39, 0.29) is 10.6 Å². The number of aliphatic hydroxyl groups excluding tert-OH is 1. The lowest BCUT2D eigenvalue weighted by atomic mass is 9.86. The Morgan fingerprint density at radius 1 is 1.43 bits per heavy atom. The van der Waals surface area contributed by atoms with E-state index in [1.54, 1.807) is 32.0 Å². The second-order valence-electron chi connectivity index (χ2n) is 6.41. The molecule has 1 aromatic rings. The molecule has 1 unspecified atom stereocenters. The number of nitrogens with zero attached hydrogens (tertiary/aromatic N) is 2. The molecule has 0 amide bonds. The van der Waals surface area contributed by atoms with Crippen LogP contribution in [0.2, 0.25) is 0 Å². The summed E-state index contributed by atoms with van der Waals surface area (Å²) < 4.78 is 5.87. The van der Waals surface area contributed by atoms with Gasteiger partial charge in [0.2, 0.25) is 0 Å². The Hall–Kier alpha value is -1.71. The highest BCUT2D eigenvalue weighted by Crippen LogP contribution is 2.43. The van der Waals surface area contributed by atoms with Gasteiger partial charge in [0.15, 0.2) is 5.78 Å². The number of ether oxygens (including phenoxy) is 1. The second-order valence-corrected chi connectivity index (χ2v) is 7.32. The first kappa shape index (κ1) is 16.2. The van der Waals surface area contributed by atoms with Crippen LogP contribution in [-0.2, 0) is 4.79 Å². The third kappa shape index (κ3) is 2.79. The molecule has 120 valence electrons. The zero-order chi connectivity index (χ0) is 16.8. The van der Waals surface area contributed by atoms with Crippen LogP contribution in [0.25, 0.3) is 0 Å². The molecular weight excluding hydrogens is 360 g/mol. The molecule has 1 heterocycles. The molecule has 0 spiro atoms. The fraction of sp³-hybridized carbons (Fsp3) is 0.471. The smallest absolute Gasteiger partial charge is 0.152 e. The summed E-state index contributed by atoms with van der Waals surface area (Å²) in [5, 5.41) is 19.8. The molecule has 1 aromatic carbocycles. The van der Waals surface area contributed by atoms with Crippen LogP contribution in [0, 0.1) is 11.3 Å². The largest absolute Gasteiger partial charge is 0.485 e. The van der Waals surface area contributed by atoms with Gasteiger partial charge in [-0.05, 0) is 38.5 Å². The summed E-state index contributed by atoms with van der Waals surface area (Å²) in [5.74, 6) is 0.722. The number of rotatable bonds is 1. The van der Waals surface area contributed by atoms with E-state index in [1.807, 2.05) is 0 Å². The molecule has 3 rings (SSSR count). The molecule has 1 N–H and O–H groups in total. The van der Waals surface area contributed by atoms with E-state index >= 15 is 0 Å². The van der Waals surface area contributed by atoms with Gasteiger partial charge in [-0.1, -0.05) is 15.9 Å². The fourth-order valence-electron chi connectivity index (χ4n) is 2.98. The van der Waals surface area contributed by atoms with Gasteiger partial charge in [0, 0.05) is 17.7 Å². The number of carbonyl (C=O) groups excluding carboxylic acids is 1. The Morgan fingerprint density at radius 2 is 2.17 bits per heavy atom. The summed E-state index contributed by atoms with van der Waals surface area (Å²) in [5.41, 5.74) is 1.11. The highest BCUT2D eigenvalue weighted by molar-refractivity contribution is 9.10. The van der Waals surface area contributed by atoms with Gasteiger partial charge >= 0.3 is 0 Å². The molecule has 1 aliphatic heterocycles. The molecule has 1 saturated carbocycles. The lowest BCUT2D eigenvalue weighted by Gasteiger charge is -2.40. The predicted molar refractivity (Wildman–Crippen MR) is 89.0 cm³/mol. The number of aliphatic imine (C=N–C) groups is 1. The minimum Gasteiger partial charge on any atom is -0.485 e. The highest BCUT2D eigenvalue weighted by atomic mass is 79.9. The first-order chi connectivity index (χ1) is 10.8. The van der Waals surface area contributed by atoms with E-state index in [0.717, 1.165) is 5.71 Å². The van der Waals surface area contributed by atoms with Gasteiger partial charge in [-0.15, -0.1) is 0 Å². The number of fused-ring (bicyclic) bond motifs is 1. The maximum atomic E-state index is 11.7. The van der Waals surface area contributed by atoms with Gasteiger partial charge in [-0.2, -0.15) is 5.26 Å². The van der Waals surface area contributed by atoms with Crippen molar-refractivity contribution in [3.05, 3.63) is 29.3 Å². The predicted octanol–water partition coefficient (Wildman–Crippen LogP) is 2.70. The van der Waals surface area contributed by atoms with Crippen LogP contribution in [0.15, 0.2) is 23.2 Å². The lowest BCUT2D eigenvalue weighted by molar-refractivity contribution is -0.116. The van der Waals surface area contributed by atoms with Crippen LogP contribution in [0.5, 0.6) is 5.75 Å². The summed E-state index contributed by atoms with van der Waals surface area (Å²) in [6, 6.07) is 6.66. The number of alkyl halides is 1. The van der Waals surface area contributed by atoms with Gasteiger partial charge < -0.3 is 9.84 Å². The zero-order valence-corrected chi connectivity index (χ0v) is 14.5. The second kappa shape index (κ2) is 5.73. The van der Waals surface area contributed by atoms with Crippen LogP contribution < -0.4 is 4.74 Å². The van der Waals surface area contributed by atoms with Crippen molar-refractivity contribution >= 4 is 27.4 Å². The fourth-order valence-corrected chi connectivity index (χ4v) is 3.55. The third-order valence-corrected chi connectivity index (χ3v) is 5.39. The SMILES string of the molecule is CC1(C)Oc2ccc(C#N)cc2[C@H](N=C2CCC(=O)C2Br)[C@H]1O. The Balaban J connectivity index is 2.09. The van der Waals surface area contributed by atoms with E-state index in [4.69, 9.17) is 10.00 Å². The molecule has 5 nitrogen and oxygen atoms in total. The maximum Gasteiger partial charge on any atom is 0.152 e. The first-order valence-electron chi connectivity index (χ1n) is 7.48. The first-order valence-corrected chi connectivity index (χ1v) is 8.39. The Morgan fingerprint density at radius 3 is 2.78 bits per heavy atom. The van der Waals surface area contributed by atoms with E-state index in [2.05, 4.69) is 27.0 Å². The highest BCUT2D eigenvalue weighted by Gasteiger charge is 2.44. The number of hydrogen-bond acceptors (Lipinski definition) is 5. The van der Waals surface area contributed by atoms with E-state index in [9.17, 15) is 9.90 Å². The third-order valence-electron chi connectivity index (χ3n) is 4.35. The summed E-state index contributed by atoms with van der Waals surface area (Å²) in [6.45, 7) is 3.61. The van der Waals surface area contributed by atoms with Gasteiger partial charge in [0.25, 0.3) is 0 Å². The average molecular weight is 377 g/mol. The molecule has 0 saturated heterocycles.